The highest BCUT2D eigenvalue weighted by atomic mass is 127. The first-order chi connectivity index (χ1) is 7.88. The molecular formula is C9H3BrF3IN2S. The quantitative estimate of drug-likeness (QED) is 0.613. The van der Waals surface area contributed by atoms with E-state index >= 15 is 0 Å². The molecule has 1 heterocycles. The zero-order valence-corrected chi connectivity index (χ0v) is 12.5. The summed E-state index contributed by atoms with van der Waals surface area (Å²) in [5.74, 6) is 0.110. The molecule has 0 bridgehead atoms. The first-order valence-electron chi connectivity index (χ1n) is 4.24. The molecule has 0 aliphatic heterocycles. The summed E-state index contributed by atoms with van der Waals surface area (Å²) in [6.45, 7) is 0. The lowest BCUT2D eigenvalue weighted by Gasteiger charge is -2.10. The highest BCUT2D eigenvalue weighted by molar-refractivity contribution is 14.1. The number of nitrogens with zero attached hydrogens (tertiary/aromatic N) is 2. The summed E-state index contributed by atoms with van der Waals surface area (Å²) in [7, 11) is 0. The van der Waals surface area contributed by atoms with Gasteiger partial charge < -0.3 is 0 Å². The van der Waals surface area contributed by atoms with Crippen molar-refractivity contribution in [2.24, 2.45) is 0 Å². The summed E-state index contributed by atoms with van der Waals surface area (Å²) in [4.78, 5) is 3.96. The summed E-state index contributed by atoms with van der Waals surface area (Å²) in [5.41, 5.74) is -0.735. The zero-order chi connectivity index (χ0) is 12.6. The predicted molar refractivity (Wildman–Crippen MR) is 70.8 cm³/mol. The van der Waals surface area contributed by atoms with Gasteiger partial charge in [-0.15, -0.1) is 0 Å². The van der Waals surface area contributed by atoms with Gasteiger partial charge in [-0.2, -0.15) is 17.5 Å². The monoisotopic (exact) mass is 434 g/mol. The first kappa shape index (κ1) is 13.2. The van der Waals surface area contributed by atoms with E-state index in [4.69, 9.17) is 0 Å². The molecule has 0 atom stereocenters. The highest BCUT2D eigenvalue weighted by Gasteiger charge is 2.34. The SMILES string of the molecule is FC(F)(F)c1cc(Br)ccc1-c1nsc(I)n1. The molecule has 1 aromatic carbocycles. The Hall–Kier alpha value is -0.220. The van der Waals surface area contributed by atoms with Gasteiger partial charge in [0, 0.05) is 10.0 Å². The average molecular weight is 435 g/mol. The Labute approximate surface area is 121 Å². The third-order valence-electron chi connectivity index (χ3n) is 1.93. The largest absolute Gasteiger partial charge is 0.417 e. The minimum Gasteiger partial charge on any atom is -0.209 e. The van der Waals surface area contributed by atoms with Crippen LogP contribution in [0.4, 0.5) is 13.2 Å². The molecular weight excluding hydrogens is 432 g/mol. The van der Waals surface area contributed by atoms with Gasteiger partial charge in [0.05, 0.1) is 5.56 Å². The fourth-order valence-electron chi connectivity index (χ4n) is 1.26. The molecule has 0 aliphatic rings. The van der Waals surface area contributed by atoms with Gasteiger partial charge >= 0.3 is 6.18 Å². The van der Waals surface area contributed by atoms with Crippen LogP contribution in [0.2, 0.25) is 0 Å². The van der Waals surface area contributed by atoms with Gasteiger partial charge in [-0.25, -0.2) is 4.98 Å². The maximum Gasteiger partial charge on any atom is 0.417 e. The van der Waals surface area contributed by atoms with Crippen LogP contribution in [0.3, 0.4) is 0 Å². The lowest BCUT2D eigenvalue weighted by molar-refractivity contribution is -0.137. The van der Waals surface area contributed by atoms with E-state index in [2.05, 4.69) is 25.3 Å². The van der Waals surface area contributed by atoms with Crippen LogP contribution in [0.1, 0.15) is 5.56 Å². The normalized spacial score (nSPS) is 11.8. The van der Waals surface area contributed by atoms with Crippen molar-refractivity contribution in [3.05, 3.63) is 31.2 Å². The summed E-state index contributed by atoms with van der Waals surface area (Å²) < 4.78 is 43.4. The van der Waals surface area contributed by atoms with Gasteiger partial charge in [0.15, 0.2) is 8.84 Å². The molecule has 8 heteroatoms. The zero-order valence-electron chi connectivity index (χ0n) is 7.92. The molecule has 90 valence electrons. The van der Waals surface area contributed by atoms with Gasteiger partial charge in [-0.3, -0.25) is 0 Å². The molecule has 0 spiro atoms. The number of halogens is 5. The predicted octanol–water partition coefficient (Wildman–Crippen LogP) is 4.59. The van der Waals surface area contributed by atoms with Gasteiger partial charge in [0.1, 0.15) is 0 Å². The Balaban J connectivity index is 2.61. The molecule has 0 radical (unpaired) electrons. The molecule has 0 saturated heterocycles. The van der Waals surface area contributed by atoms with Crippen molar-refractivity contribution in [2.45, 2.75) is 6.18 Å². The van der Waals surface area contributed by atoms with Crippen molar-refractivity contribution in [3.63, 3.8) is 0 Å². The second-order valence-electron chi connectivity index (χ2n) is 3.06. The number of hydrogen-bond acceptors (Lipinski definition) is 3. The fourth-order valence-corrected chi connectivity index (χ4v) is 2.57. The average Bonchev–Trinajstić information content (AvgIpc) is 2.63. The number of hydrogen-bond donors (Lipinski definition) is 0. The van der Waals surface area contributed by atoms with E-state index in [9.17, 15) is 13.2 Å². The number of benzene rings is 1. The fraction of sp³-hybridized carbons (Fsp3) is 0.111. The molecule has 17 heavy (non-hydrogen) atoms. The molecule has 0 N–H and O–H groups in total. The van der Waals surface area contributed by atoms with Crippen LogP contribution in [0.25, 0.3) is 11.4 Å². The second-order valence-corrected chi connectivity index (χ2v) is 6.48. The minimum atomic E-state index is -4.42. The molecule has 2 aromatic rings. The van der Waals surface area contributed by atoms with Crippen LogP contribution >= 0.6 is 50.1 Å². The number of alkyl halides is 3. The van der Waals surface area contributed by atoms with E-state index in [-0.39, 0.29) is 11.4 Å². The molecule has 0 saturated carbocycles. The molecule has 2 rings (SSSR count). The standard InChI is InChI=1S/C9H3BrF3IN2S/c10-4-1-2-5(6(3-4)9(11,12)13)7-15-8(14)17-16-7/h1-3H. The Bertz CT molecular complexity index is 555. The maximum absolute atomic E-state index is 12.8. The van der Waals surface area contributed by atoms with E-state index in [1.54, 1.807) is 6.07 Å². The Kier molecular flexibility index (Phi) is 3.74. The van der Waals surface area contributed by atoms with E-state index in [1.165, 1.54) is 6.07 Å². The van der Waals surface area contributed by atoms with Gasteiger partial charge in [-0.1, -0.05) is 15.9 Å². The van der Waals surface area contributed by atoms with Crippen molar-refractivity contribution in [3.8, 4) is 11.4 Å². The molecule has 1 aromatic heterocycles. The van der Waals surface area contributed by atoms with Crippen LogP contribution in [0.5, 0.6) is 0 Å². The van der Waals surface area contributed by atoms with Gasteiger partial charge in [0.25, 0.3) is 0 Å². The van der Waals surface area contributed by atoms with Crippen molar-refractivity contribution in [1.29, 1.82) is 0 Å². The lowest BCUT2D eigenvalue weighted by atomic mass is 10.1. The van der Waals surface area contributed by atoms with E-state index in [1.807, 2.05) is 22.6 Å². The van der Waals surface area contributed by atoms with Gasteiger partial charge in [0.2, 0.25) is 0 Å². The lowest BCUT2D eigenvalue weighted by Crippen LogP contribution is -2.07. The van der Waals surface area contributed by atoms with Crippen molar-refractivity contribution >= 4 is 50.1 Å². The summed E-state index contributed by atoms with van der Waals surface area (Å²) in [6, 6.07) is 3.94. The molecule has 0 unspecified atom stereocenters. The van der Waals surface area contributed by atoms with Crippen molar-refractivity contribution < 1.29 is 13.2 Å². The van der Waals surface area contributed by atoms with E-state index in [0.29, 0.717) is 7.49 Å². The highest BCUT2D eigenvalue weighted by Crippen LogP contribution is 2.38. The Morgan fingerprint density at radius 3 is 2.53 bits per heavy atom. The third-order valence-corrected chi connectivity index (χ3v) is 3.76. The van der Waals surface area contributed by atoms with Crippen molar-refractivity contribution in [1.82, 2.24) is 9.36 Å². The topological polar surface area (TPSA) is 25.8 Å². The summed E-state index contributed by atoms with van der Waals surface area (Å²) in [5, 5.41) is 0. The van der Waals surface area contributed by atoms with E-state index < -0.39 is 11.7 Å². The second kappa shape index (κ2) is 4.81. The summed E-state index contributed by atoms with van der Waals surface area (Å²) in [6.07, 6.45) is -4.42. The van der Waals surface area contributed by atoms with Crippen LogP contribution in [0, 0.1) is 3.01 Å². The first-order valence-corrected chi connectivity index (χ1v) is 6.89. The Morgan fingerprint density at radius 1 is 1.29 bits per heavy atom. The van der Waals surface area contributed by atoms with E-state index in [0.717, 1.165) is 17.6 Å². The molecule has 2 nitrogen and oxygen atoms in total. The van der Waals surface area contributed by atoms with Crippen LogP contribution < -0.4 is 0 Å². The molecule has 0 fully saturated rings. The summed E-state index contributed by atoms with van der Waals surface area (Å²) >= 11 is 6.02. The van der Waals surface area contributed by atoms with Crippen LogP contribution in [-0.4, -0.2) is 9.36 Å². The Morgan fingerprint density at radius 2 is 2.00 bits per heavy atom. The number of aromatic nitrogens is 2. The molecule has 0 amide bonds. The van der Waals surface area contributed by atoms with Crippen LogP contribution in [0.15, 0.2) is 22.7 Å². The van der Waals surface area contributed by atoms with Crippen LogP contribution in [-0.2, 0) is 6.18 Å². The number of rotatable bonds is 1. The van der Waals surface area contributed by atoms with Gasteiger partial charge in [-0.05, 0) is 52.3 Å². The van der Waals surface area contributed by atoms with Crippen molar-refractivity contribution in [2.75, 3.05) is 0 Å². The third kappa shape index (κ3) is 2.97. The minimum absolute atomic E-state index is 0.000124. The smallest absolute Gasteiger partial charge is 0.209 e. The molecule has 0 aliphatic carbocycles. The maximum atomic E-state index is 12.8.